The van der Waals surface area contributed by atoms with Crippen LogP contribution in [0.2, 0.25) is 0 Å². The van der Waals surface area contributed by atoms with E-state index in [0.717, 1.165) is 12.1 Å². The number of nitrogens with two attached hydrogens (primary N) is 1. The van der Waals surface area contributed by atoms with Crippen molar-refractivity contribution in [3.8, 4) is 0 Å². The van der Waals surface area contributed by atoms with Crippen molar-refractivity contribution in [3.63, 3.8) is 0 Å². The number of piperazine rings is 1. The van der Waals surface area contributed by atoms with E-state index in [0.29, 0.717) is 18.5 Å². The predicted molar refractivity (Wildman–Crippen MR) is 119 cm³/mol. The van der Waals surface area contributed by atoms with E-state index in [1.165, 1.54) is 4.90 Å². The van der Waals surface area contributed by atoms with E-state index in [-0.39, 0.29) is 38.0 Å². The molecule has 0 radical (unpaired) electrons. The van der Waals surface area contributed by atoms with Gasteiger partial charge in [-0.05, 0) is 30.7 Å². The number of aliphatic carboxylic acids is 1. The van der Waals surface area contributed by atoms with Crippen LogP contribution in [-0.4, -0.2) is 85.2 Å². The molecule has 5 N–H and O–H groups in total. The van der Waals surface area contributed by atoms with Crippen LogP contribution in [0.15, 0.2) is 29.4 Å². The Balaban J connectivity index is 1.81. The molecule has 0 aromatic heterocycles. The lowest BCUT2D eigenvalue weighted by molar-refractivity contribution is -0.308. The highest BCUT2D eigenvalue weighted by Crippen LogP contribution is 2.18. The van der Waals surface area contributed by atoms with E-state index in [4.69, 9.17) is 15.7 Å². The Morgan fingerprint density at radius 1 is 1.26 bits per heavy atom. The highest BCUT2D eigenvalue weighted by molar-refractivity contribution is 5.97. The molecule has 1 atom stereocenters. The summed E-state index contributed by atoms with van der Waals surface area (Å²) in [5.41, 5.74) is 6.84. The fraction of sp³-hybridized carbons (Fsp3) is 0.476. The number of carboxylic acid groups (broad SMARTS) is 1. The Kier molecular flexibility index (Phi) is 9.92. The first-order valence-corrected chi connectivity index (χ1v) is 10.8. The van der Waals surface area contributed by atoms with Crippen molar-refractivity contribution in [1.29, 1.82) is 0 Å². The van der Waals surface area contributed by atoms with Gasteiger partial charge in [0.2, 0.25) is 11.8 Å². The zero-order valence-electron chi connectivity index (χ0n) is 18.9. The maximum Gasteiger partial charge on any atom is 0.407 e. The third-order valence-electron chi connectivity index (χ3n) is 5.10. The third-order valence-corrected chi connectivity index (χ3v) is 5.10. The molecule has 1 aliphatic rings. The van der Waals surface area contributed by atoms with Crippen LogP contribution in [0.5, 0.6) is 0 Å². The monoisotopic (exact) mass is 477 g/mol. The van der Waals surface area contributed by atoms with Crippen molar-refractivity contribution >= 4 is 35.4 Å². The lowest BCUT2D eigenvalue weighted by Crippen LogP contribution is -2.56. The van der Waals surface area contributed by atoms with Crippen molar-refractivity contribution in [1.82, 2.24) is 15.5 Å². The molecule has 13 nitrogen and oxygen atoms in total. The van der Waals surface area contributed by atoms with Gasteiger partial charge < -0.3 is 46.0 Å². The number of anilines is 1. The van der Waals surface area contributed by atoms with Gasteiger partial charge in [-0.3, -0.25) is 9.59 Å². The molecular formula is C21H29N6O7-. The number of benzene rings is 1. The molecule has 1 fully saturated rings. The molecule has 0 aliphatic carbocycles. The summed E-state index contributed by atoms with van der Waals surface area (Å²) in [5.74, 6) is -2.45. The molecule has 1 heterocycles. The molecule has 1 aromatic rings. The number of nitrogens with zero attached hydrogens (tertiary/aromatic N) is 3. The number of carboxylic acids is 1. The fourth-order valence-electron chi connectivity index (χ4n) is 3.13. The van der Waals surface area contributed by atoms with Gasteiger partial charge in [-0.15, -0.1) is 0 Å². The maximum absolute atomic E-state index is 12.5. The molecule has 2 rings (SSSR count). The van der Waals surface area contributed by atoms with Gasteiger partial charge in [0.05, 0.1) is 31.7 Å². The van der Waals surface area contributed by atoms with Crippen LogP contribution in [0, 0.1) is 0 Å². The summed E-state index contributed by atoms with van der Waals surface area (Å²) in [7, 11) is 0. The first kappa shape index (κ1) is 26.2. The molecule has 0 bridgehead atoms. The Hall–Kier alpha value is -4.03. The number of amidine groups is 1. The van der Waals surface area contributed by atoms with Crippen LogP contribution >= 0.6 is 0 Å². The van der Waals surface area contributed by atoms with Gasteiger partial charge in [0.1, 0.15) is 0 Å². The first-order valence-electron chi connectivity index (χ1n) is 10.8. The van der Waals surface area contributed by atoms with Gasteiger partial charge in [-0.1, -0.05) is 18.5 Å². The topological polar surface area (TPSA) is 190 Å². The van der Waals surface area contributed by atoms with Crippen molar-refractivity contribution < 1.29 is 34.2 Å². The minimum absolute atomic E-state index is 0.0250. The zero-order chi connectivity index (χ0) is 25.1. The lowest BCUT2D eigenvalue weighted by Gasteiger charge is -2.35. The van der Waals surface area contributed by atoms with Crippen LogP contribution < -0.4 is 26.4 Å². The quantitative estimate of drug-likeness (QED) is 0.0935. The number of rotatable bonds is 11. The highest BCUT2D eigenvalue weighted by Gasteiger charge is 2.26. The molecule has 0 saturated carbocycles. The molecule has 1 saturated heterocycles. The summed E-state index contributed by atoms with van der Waals surface area (Å²) in [5, 5.41) is 27.4. The summed E-state index contributed by atoms with van der Waals surface area (Å²) in [6.45, 7) is 2.19. The third kappa shape index (κ3) is 7.83. The van der Waals surface area contributed by atoms with E-state index in [1.807, 2.05) is 11.8 Å². The Bertz CT molecular complexity index is 905. The number of carbonyl (C=O) groups excluding carboxylic acids is 4. The molecule has 3 amide bonds. The van der Waals surface area contributed by atoms with E-state index in [1.54, 1.807) is 24.3 Å². The summed E-state index contributed by atoms with van der Waals surface area (Å²) < 4.78 is 4.84. The Morgan fingerprint density at radius 2 is 1.97 bits per heavy atom. The number of hydrogen-bond acceptors (Lipinski definition) is 9. The Labute approximate surface area is 196 Å². The van der Waals surface area contributed by atoms with Gasteiger partial charge in [0.25, 0.3) is 0 Å². The smallest absolute Gasteiger partial charge is 0.407 e. The number of carbonyl (C=O) groups is 4. The molecule has 0 spiro atoms. The number of oxime groups is 1. The summed E-state index contributed by atoms with van der Waals surface area (Å²) in [6.07, 6.45) is 0.532. The molecule has 1 aliphatic heterocycles. The summed E-state index contributed by atoms with van der Waals surface area (Å²) in [6, 6.07) is 5.33. The fourth-order valence-corrected chi connectivity index (χ4v) is 3.13. The number of ether oxygens (including phenoxy) is 1. The molecule has 1 aromatic carbocycles. The number of hydrogen-bond donors (Lipinski definition) is 4. The number of unbranched alkanes of at least 4 members (excludes halogenated alkanes) is 1. The van der Waals surface area contributed by atoms with Crippen molar-refractivity contribution in [3.05, 3.63) is 29.8 Å². The average Bonchev–Trinajstić information content (AvgIpc) is 2.82. The van der Waals surface area contributed by atoms with Crippen molar-refractivity contribution in [2.24, 2.45) is 10.9 Å². The molecule has 1 unspecified atom stereocenters. The molecule has 34 heavy (non-hydrogen) atoms. The van der Waals surface area contributed by atoms with Gasteiger partial charge in [-0.2, -0.15) is 0 Å². The molecular weight excluding hydrogens is 448 g/mol. The van der Waals surface area contributed by atoms with E-state index < -0.39 is 30.6 Å². The van der Waals surface area contributed by atoms with Gasteiger partial charge in [-0.25, -0.2) is 4.79 Å². The number of amides is 3. The first-order chi connectivity index (χ1) is 16.2. The van der Waals surface area contributed by atoms with Gasteiger partial charge in [0.15, 0.2) is 5.84 Å². The summed E-state index contributed by atoms with van der Waals surface area (Å²) >= 11 is 0. The average molecular weight is 477 g/mol. The van der Waals surface area contributed by atoms with Crippen LogP contribution in [0.1, 0.15) is 25.3 Å². The molecule has 186 valence electrons. The van der Waals surface area contributed by atoms with Crippen molar-refractivity contribution in [2.45, 2.75) is 25.8 Å². The highest BCUT2D eigenvalue weighted by atomic mass is 16.5. The van der Waals surface area contributed by atoms with Gasteiger partial charge >= 0.3 is 6.09 Å². The van der Waals surface area contributed by atoms with E-state index in [9.17, 15) is 24.3 Å². The second-order valence-electron chi connectivity index (χ2n) is 7.58. The van der Waals surface area contributed by atoms with Crippen LogP contribution in [0.25, 0.3) is 0 Å². The van der Waals surface area contributed by atoms with Crippen molar-refractivity contribution in [2.75, 3.05) is 44.2 Å². The second-order valence-corrected chi connectivity index (χ2v) is 7.58. The standard InChI is InChI=1S/C21H30N6O7/c1-2-3-10-34-21(32)24-16(20(30)31)11-23-17(28)12-27-9-8-26(13-18(27)29)15-6-4-14(5-7-15)19(22)25-33/h4-7,16,33H,2-3,8-13H2,1H3,(H2,22,25)(H,23,28)(H,24,32)(H,30,31)/p-1. The van der Waals surface area contributed by atoms with Crippen LogP contribution in [0.4, 0.5) is 10.5 Å². The zero-order valence-corrected chi connectivity index (χ0v) is 18.9. The number of nitrogens with one attached hydrogen (secondary N) is 2. The van der Waals surface area contributed by atoms with Crippen LogP contribution in [0.3, 0.4) is 0 Å². The summed E-state index contributed by atoms with van der Waals surface area (Å²) in [4.78, 5) is 50.8. The van der Waals surface area contributed by atoms with Gasteiger partial charge in [0, 0.05) is 30.9 Å². The largest absolute Gasteiger partial charge is 0.548 e. The molecule has 13 heteroatoms. The van der Waals surface area contributed by atoms with E-state index >= 15 is 0 Å². The SMILES string of the molecule is CCCCOC(=O)NC(CNC(=O)CN1CCN(c2ccc(/C(N)=N/O)cc2)CC1=O)C(=O)[O-]. The number of alkyl carbamates (subject to hydrolysis) is 1. The van der Waals surface area contributed by atoms with E-state index in [2.05, 4.69) is 15.8 Å². The minimum atomic E-state index is -1.57. The normalized spacial score (nSPS) is 15.0. The lowest BCUT2D eigenvalue weighted by atomic mass is 10.1. The predicted octanol–water partition coefficient (Wildman–Crippen LogP) is -1.81. The van der Waals surface area contributed by atoms with Crippen LogP contribution in [-0.2, 0) is 19.1 Å². The minimum Gasteiger partial charge on any atom is -0.548 e. The Morgan fingerprint density at radius 3 is 2.56 bits per heavy atom. The maximum atomic E-state index is 12.5. The second kappa shape index (κ2) is 12.9.